The van der Waals surface area contributed by atoms with Crippen LogP contribution in [-0.2, 0) is 14.3 Å². The zero-order valence-electron chi connectivity index (χ0n) is 11.6. The Morgan fingerprint density at radius 1 is 1.44 bits per heavy atom. The second kappa shape index (κ2) is 8.45. The summed E-state index contributed by atoms with van der Waals surface area (Å²) in [6, 6.07) is -0.388. The van der Waals surface area contributed by atoms with Crippen LogP contribution in [-0.4, -0.2) is 57.4 Å². The van der Waals surface area contributed by atoms with E-state index in [1.54, 1.807) is 14.2 Å². The number of piperidine rings is 1. The van der Waals surface area contributed by atoms with Crippen molar-refractivity contribution >= 4 is 5.91 Å². The third-order valence-corrected chi connectivity index (χ3v) is 3.41. The largest absolute Gasteiger partial charge is 0.385 e. The Bertz CT molecular complexity index is 246. The van der Waals surface area contributed by atoms with E-state index in [1.807, 2.05) is 4.90 Å². The maximum absolute atomic E-state index is 12.2. The zero-order valence-corrected chi connectivity index (χ0v) is 11.6. The lowest BCUT2D eigenvalue weighted by Gasteiger charge is -2.34. The Morgan fingerprint density at radius 2 is 2.22 bits per heavy atom. The zero-order chi connectivity index (χ0) is 13.4. The lowest BCUT2D eigenvalue weighted by molar-refractivity contribution is -0.135. The quantitative estimate of drug-likeness (QED) is 0.680. The highest BCUT2D eigenvalue weighted by Crippen LogP contribution is 2.17. The smallest absolute Gasteiger partial charge is 0.239 e. The van der Waals surface area contributed by atoms with Gasteiger partial charge in [-0.15, -0.1) is 0 Å². The molecule has 0 aromatic carbocycles. The number of rotatable bonds is 7. The SMILES string of the molecule is COCCCC(N)C(=O)N1CCCC(COC)C1. The summed E-state index contributed by atoms with van der Waals surface area (Å²) in [6.07, 6.45) is 3.71. The lowest BCUT2D eigenvalue weighted by atomic mass is 9.98. The van der Waals surface area contributed by atoms with Crippen molar-refractivity contribution in [2.75, 3.05) is 40.5 Å². The summed E-state index contributed by atoms with van der Waals surface area (Å²) in [5.41, 5.74) is 5.93. The standard InChI is InChI=1S/C13H26N2O3/c1-17-8-4-6-12(14)13(16)15-7-3-5-11(9-15)10-18-2/h11-12H,3-10,14H2,1-2H3. The van der Waals surface area contributed by atoms with Gasteiger partial charge < -0.3 is 20.1 Å². The molecule has 1 saturated heterocycles. The Labute approximate surface area is 110 Å². The first-order valence-corrected chi connectivity index (χ1v) is 6.71. The average Bonchev–Trinajstić information content (AvgIpc) is 2.39. The van der Waals surface area contributed by atoms with E-state index in [4.69, 9.17) is 15.2 Å². The number of nitrogens with zero attached hydrogens (tertiary/aromatic N) is 1. The summed E-state index contributed by atoms with van der Waals surface area (Å²) in [5.74, 6) is 0.533. The molecule has 0 spiro atoms. The molecule has 0 aromatic heterocycles. The molecule has 0 aromatic rings. The fourth-order valence-corrected chi connectivity index (χ4v) is 2.44. The molecule has 0 radical (unpaired) electrons. The molecule has 1 aliphatic heterocycles. The molecule has 0 saturated carbocycles. The van der Waals surface area contributed by atoms with Crippen LogP contribution in [0, 0.1) is 5.92 Å². The molecular formula is C13H26N2O3. The van der Waals surface area contributed by atoms with E-state index >= 15 is 0 Å². The van der Waals surface area contributed by atoms with Crippen LogP contribution in [0.5, 0.6) is 0 Å². The number of likely N-dealkylation sites (tertiary alicyclic amines) is 1. The Morgan fingerprint density at radius 3 is 2.89 bits per heavy atom. The number of hydrogen-bond acceptors (Lipinski definition) is 4. The summed E-state index contributed by atoms with van der Waals surface area (Å²) >= 11 is 0. The summed E-state index contributed by atoms with van der Waals surface area (Å²) in [5, 5.41) is 0. The van der Waals surface area contributed by atoms with Crippen molar-refractivity contribution in [3.63, 3.8) is 0 Å². The average molecular weight is 258 g/mol. The van der Waals surface area contributed by atoms with Gasteiger partial charge >= 0.3 is 0 Å². The van der Waals surface area contributed by atoms with Gasteiger partial charge in [0.15, 0.2) is 0 Å². The molecule has 1 fully saturated rings. The molecule has 5 heteroatoms. The fraction of sp³-hybridized carbons (Fsp3) is 0.923. The maximum Gasteiger partial charge on any atom is 0.239 e. The molecule has 18 heavy (non-hydrogen) atoms. The molecule has 1 rings (SSSR count). The van der Waals surface area contributed by atoms with Gasteiger partial charge in [0.25, 0.3) is 0 Å². The Balaban J connectivity index is 2.35. The summed E-state index contributed by atoms with van der Waals surface area (Å²) in [4.78, 5) is 14.1. The van der Waals surface area contributed by atoms with Crippen molar-refractivity contribution in [3.05, 3.63) is 0 Å². The molecule has 1 aliphatic rings. The fourth-order valence-electron chi connectivity index (χ4n) is 2.44. The summed E-state index contributed by atoms with van der Waals surface area (Å²) in [6.45, 7) is 3.00. The number of hydrogen-bond donors (Lipinski definition) is 1. The van der Waals surface area contributed by atoms with E-state index in [0.717, 1.165) is 39.0 Å². The third kappa shape index (κ3) is 4.92. The molecule has 5 nitrogen and oxygen atoms in total. The first kappa shape index (κ1) is 15.4. The van der Waals surface area contributed by atoms with Crippen LogP contribution in [0.2, 0.25) is 0 Å². The van der Waals surface area contributed by atoms with Crippen molar-refractivity contribution in [1.29, 1.82) is 0 Å². The van der Waals surface area contributed by atoms with E-state index in [0.29, 0.717) is 18.9 Å². The van der Waals surface area contributed by atoms with Gasteiger partial charge in [-0.3, -0.25) is 4.79 Å². The first-order chi connectivity index (χ1) is 8.69. The van der Waals surface area contributed by atoms with Crippen LogP contribution in [0.15, 0.2) is 0 Å². The summed E-state index contributed by atoms with van der Waals surface area (Å²) in [7, 11) is 3.37. The predicted molar refractivity (Wildman–Crippen MR) is 70.3 cm³/mol. The third-order valence-electron chi connectivity index (χ3n) is 3.41. The monoisotopic (exact) mass is 258 g/mol. The number of amides is 1. The Kier molecular flexibility index (Phi) is 7.23. The highest BCUT2D eigenvalue weighted by atomic mass is 16.5. The predicted octanol–water partition coefficient (Wildman–Crippen LogP) is 0.625. The highest BCUT2D eigenvalue weighted by molar-refractivity contribution is 5.81. The van der Waals surface area contributed by atoms with E-state index in [-0.39, 0.29) is 11.9 Å². The molecule has 2 unspecified atom stereocenters. The van der Waals surface area contributed by atoms with Crippen molar-refractivity contribution < 1.29 is 14.3 Å². The lowest BCUT2D eigenvalue weighted by Crippen LogP contribution is -2.48. The van der Waals surface area contributed by atoms with E-state index in [2.05, 4.69) is 0 Å². The first-order valence-electron chi connectivity index (χ1n) is 6.71. The second-order valence-corrected chi connectivity index (χ2v) is 4.99. The number of nitrogens with two attached hydrogens (primary N) is 1. The molecular weight excluding hydrogens is 232 g/mol. The summed E-state index contributed by atoms with van der Waals surface area (Å²) < 4.78 is 10.1. The molecule has 106 valence electrons. The molecule has 0 bridgehead atoms. The number of methoxy groups -OCH3 is 2. The van der Waals surface area contributed by atoms with Crippen LogP contribution in [0.25, 0.3) is 0 Å². The van der Waals surface area contributed by atoms with Crippen LogP contribution < -0.4 is 5.73 Å². The van der Waals surface area contributed by atoms with Crippen LogP contribution in [0.1, 0.15) is 25.7 Å². The van der Waals surface area contributed by atoms with Crippen molar-refractivity contribution in [2.45, 2.75) is 31.7 Å². The molecule has 2 N–H and O–H groups in total. The van der Waals surface area contributed by atoms with Crippen LogP contribution in [0.4, 0.5) is 0 Å². The minimum absolute atomic E-state index is 0.0758. The second-order valence-electron chi connectivity index (χ2n) is 4.99. The van der Waals surface area contributed by atoms with Gasteiger partial charge in [-0.1, -0.05) is 0 Å². The van der Waals surface area contributed by atoms with Crippen molar-refractivity contribution in [3.8, 4) is 0 Å². The molecule has 0 aliphatic carbocycles. The van der Waals surface area contributed by atoms with Gasteiger partial charge in [0, 0.05) is 33.9 Å². The molecule has 2 atom stereocenters. The van der Waals surface area contributed by atoms with Gasteiger partial charge in [-0.25, -0.2) is 0 Å². The molecule has 1 amide bonds. The van der Waals surface area contributed by atoms with E-state index in [1.165, 1.54) is 0 Å². The topological polar surface area (TPSA) is 64.8 Å². The highest BCUT2D eigenvalue weighted by Gasteiger charge is 2.26. The van der Waals surface area contributed by atoms with Crippen LogP contribution >= 0.6 is 0 Å². The van der Waals surface area contributed by atoms with Gasteiger partial charge in [-0.2, -0.15) is 0 Å². The number of carbonyl (C=O) groups excluding carboxylic acids is 1. The van der Waals surface area contributed by atoms with Gasteiger partial charge in [0.1, 0.15) is 0 Å². The minimum atomic E-state index is -0.388. The Hall–Kier alpha value is -0.650. The maximum atomic E-state index is 12.2. The minimum Gasteiger partial charge on any atom is -0.385 e. The van der Waals surface area contributed by atoms with E-state index < -0.39 is 0 Å². The van der Waals surface area contributed by atoms with Gasteiger partial charge in [0.2, 0.25) is 5.91 Å². The van der Waals surface area contributed by atoms with Gasteiger partial charge in [-0.05, 0) is 31.6 Å². The van der Waals surface area contributed by atoms with Crippen molar-refractivity contribution in [1.82, 2.24) is 4.90 Å². The van der Waals surface area contributed by atoms with Crippen LogP contribution in [0.3, 0.4) is 0 Å². The molecule has 1 heterocycles. The van der Waals surface area contributed by atoms with Crippen molar-refractivity contribution in [2.24, 2.45) is 11.7 Å². The number of ether oxygens (including phenoxy) is 2. The normalized spacial score (nSPS) is 21.9. The van der Waals surface area contributed by atoms with E-state index in [9.17, 15) is 4.79 Å². The van der Waals surface area contributed by atoms with Gasteiger partial charge in [0.05, 0.1) is 12.6 Å². The number of carbonyl (C=O) groups is 1.